The Balaban J connectivity index is 2.35. The molecule has 3 nitrogen and oxygen atoms in total. The minimum absolute atomic E-state index is 0.275. The van der Waals surface area contributed by atoms with Crippen LogP contribution in [0.3, 0.4) is 0 Å². The zero-order valence-corrected chi connectivity index (χ0v) is 14.6. The van der Waals surface area contributed by atoms with Crippen molar-refractivity contribution in [3.8, 4) is 17.1 Å². The third kappa shape index (κ3) is 2.73. The Morgan fingerprint density at radius 1 is 1.12 bits per heavy atom. The first-order valence-corrected chi connectivity index (χ1v) is 8.03. The molecule has 3 rings (SSSR count). The second-order valence-corrected chi connectivity index (χ2v) is 6.36. The monoisotopic (exact) mass is 324 g/mol. The fourth-order valence-electron chi connectivity index (χ4n) is 3.15. The fraction of sp³-hybridized carbons (Fsp3) is 0.300. The van der Waals surface area contributed by atoms with Crippen LogP contribution in [0.4, 0.5) is 4.39 Å². The van der Waals surface area contributed by atoms with E-state index >= 15 is 0 Å². The molecule has 0 radical (unpaired) electrons. The number of ether oxygens (including phenoxy) is 1. The van der Waals surface area contributed by atoms with Gasteiger partial charge in [-0.2, -0.15) is 0 Å². The van der Waals surface area contributed by atoms with Crippen LogP contribution >= 0.6 is 0 Å². The lowest BCUT2D eigenvalue weighted by molar-refractivity contribution is 0.394. The van der Waals surface area contributed by atoms with Crippen molar-refractivity contribution in [1.82, 2.24) is 9.97 Å². The Morgan fingerprint density at radius 2 is 1.88 bits per heavy atom. The molecule has 1 aromatic carbocycles. The predicted octanol–water partition coefficient (Wildman–Crippen LogP) is 5.18. The highest BCUT2D eigenvalue weighted by Gasteiger charge is 2.16. The number of rotatable bonds is 3. The first-order chi connectivity index (χ1) is 11.4. The van der Waals surface area contributed by atoms with Gasteiger partial charge in [0, 0.05) is 28.8 Å². The van der Waals surface area contributed by atoms with E-state index in [0.717, 1.165) is 33.3 Å². The Bertz CT molecular complexity index is 919. The van der Waals surface area contributed by atoms with Gasteiger partial charge in [-0.1, -0.05) is 13.8 Å². The normalized spacial score (nSPS) is 11.3. The van der Waals surface area contributed by atoms with E-state index in [0.29, 0.717) is 17.3 Å². The van der Waals surface area contributed by atoms with Gasteiger partial charge in [-0.3, -0.25) is 0 Å². The molecule has 0 fully saturated rings. The molecule has 24 heavy (non-hydrogen) atoms. The van der Waals surface area contributed by atoms with Gasteiger partial charge in [0.05, 0.1) is 18.3 Å². The summed E-state index contributed by atoms with van der Waals surface area (Å²) in [6.07, 6.45) is 1.79. The summed E-state index contributed by atoms with van der Waals surface area (Å²) in [5.41, 5.74) is 5.61. The molecule has 0 aliphatic carbocycles. The number of hydrogen-bond donors (Lipinski definition) is 0. The number of benzene rings is 1. The van der Waals surface area contributed by atoms with Gasteiger partial charge in [0.25, 0.3) is 0 Å². The van der Waals surface area contributed by atoms with Crippen LogP contribution in [0.5, 0.6) is 5.88 Å². The largest absolute Gasteiger partial charge is 0.481 e. The second-order valence-electron chi connectivity index (χ2n) is 6.36. The van der Waals surface area contributed by atoms with Gasteiger partial charge >= 0.3 is 0 Å². The van der Waals surface area contributed by atoms with Crippen molar-refractivity contribution in [2.45, 2.75) is 33.6 Å². The van der Waals surface area contributed by atoms with Crippen molar-refractivity contribution in [3.05, 3.63) is 53.0 Å². The first kappa shape index (κ1) is 16.4. The average molecular weight is 324 g/mol. The maximum Gasteiger partial charge on any atom is 0.216 e. The average Bonchev–Trinajstić information content (AvgIpc) is 2.53. The number of aryl methyl sites for hydroxylation is 1. The highest BCUT2D eigenvalue weighted by molar-refractivity contribution is 5.86. The summed E-state index contributed by atoms with van der Waals surface area (Å²) in [6, 6.07) is 6.89. The predicted molar refractivity (Wildman–Crippen MR) is 95.0 cm³/mol. The highest BCUT2D eigenvalue weighted by atomic mass is 19.1. The standard InChI is InChI=1S/C20H21FN2O/c1-11(2)16-9-18(23-17-8-14(21)6-7-15(16)17)19-12(3)10-22-20(24-5)13(19)4/h6-11H,1-5H3. The van der Waals surface area contributed by atoms with Gasteiger partial charge in [0.2, 0.25) is 5.88 Å². The summed E-state index contributed by atoms with van der Waals surface area (Å²) in [5.74, 6) is 0.620. The molecule has 0 spiro atoms. The lowest BCUT2D eigenvalue weighted by Crippen LogP contribution is -2.00. The number of fused-ring (bicyclic) bond motifs is 1. The third-order valence-corrected chi connectivity index (χ3v) is 4.34. The molecule has 3 aromatic rings. The van der Waals surface area contributed by atoms with Gasteiger partial charge < -0.3 is 4.74 Å². The lowest BCUT2D eigenvalue weighted by atomic mass is 9.94. The Hall–Kier alpha value is -2.49. The summed E-state index contributed by atoms with van der Waals surface area (Å²) in [5, 5.41) is 0.992. The number of methoxy groups -OCH3 is 1. The van der Waals surface area contributed by atoms with Crippen LogP contribution in [0.25, 0.3) is 22.2 Å². The van der Waals surface area contributed by atoms with Crippen LogP contribution in [-0.4, -0.2) is 17.1 Å². The summed E-state index contributed by atoms with van der Waals surface area (Å²) in [7, 11) is 1.61. The zero-order chi connectivity index (χ0) is 17.4. The van der Waals surface area contributed by atoms with Crippen molar-refractivity contribution in [2.24, 2.45) is 0 Å². The van der Waals surface area contributed by atoms with Crippen molar-refractivity contribution in [1.29, 1.82) is 0 Å². The molecular weight excluding hydrogens is 303 g/mol. The van der Waals surface area contributed by atoms with Gasteiger partial charge in [-0.15, -0.1) is 0 Å². The van der Waals surface area contributed by atoms with E-state index in [1.165, 1.54) is 12.1 Å². The molecule has 0 aliphatic rings. The minimum atomic E-state index is -0.275. The summed E-state index contributed by atoms with van der Waals surface area (Å²) in [4.78, 5) is 9.03. The number of nitrogens with zero attached hydrogens (tertiary/aromatic N) is 2. The van der Waals surface area contributed by atoms with Gasteiger partial charge in [-0.25, -0.2) is 14.4 Å². The van der Waals surface area contributed by atoms with E-state index in [9.17, 15) is 4.39 Å². The van der Waals surface area contributed by atoms with E-state index < -0.39 is 0 Å². The van der Waals surface area contributed by atoms with Crippen molar-refractivity contribution in [2.75, 3.05) is 7.11 Å². The molecule has 2 heterocycles. The molecule has 0 saturated carbocycles. The lowest BCUT2D eigenvalue weighted by Gasteiger charge is -2.16. The summed E-state index contributed by atoms with van der Waals surface area (Å²) >= 11 is 0. The second kappa shape index (κ2) is 6.19. The molecule has 0 atom stereocenters. The number of aromatic nitrogens is 2. The molecule has 0 bridgehead atoms. The van der Waals surface area contributed by atoms with Crippen molar-refractivity contribution < 1.29 is 9.13 Å². The van der Waals surface area contributed by atoms with Gasteiger partial charge in [0.1, 0.15) is 5.82 Å². The number of halogens is 1. The van der Waals surface area contributed by atoms with Crippen LogP contribution in [0, 0.1) is 19.7 Å². The van der Waals surface area contributed by atoms with E-state index in [2.05, 4.69) is 24.9 Å². The SMILES string of the molecule is COc1ncc(C)c(-c2cc(C(C)C)c3ccc(F)cc3n2)c1C. The van der Waals surface area contributed by atoms with Crippen LogP contribution in [-0.2, 0) is 0 Å². The van der Waals surface area contributed by atoms with E-state index in [4.69, 9.17) is 9.72 Å². The minimum Gasteiger partial charge on any atom is -0.481 e. The summed E-state index contributed by atoms with van der Waals surface area (Å²) < 4.78 is 19.1. The molecule has 0 saturated heterocycles. The highest BCUT2D eigenvalue weighted by Crippen LogP contribution is 2.34. The third-order valence-electron chi connectivity index (χ3n) is 4.34. The van der Waals surface area contributed by atoms with Gasteiger partial charge in [-0.05, 0) is 49.1 Å². The van der Waals surface area contributed by atoms with Gasteiger partial charge in [0.15, 0.2) is 0 Å². The van der Waals surface area contributed by atoms with E-state index in [1.807, 2.05) is 19.9 Å². The van der Waals surface area contributed by atoms with Crippen LogP contribution in [0.15, 0.2) is 30.5 Å². The molecule has 124 valence electrons. The van der Waals surface area contributed by atoms with Crippen molar-refractivity contribution >= 4 is 10.9 Å². The van der Waals surface area contributed by atoms with Crippen LogP contribution < -0.4 is 4.74 Å². The number of hydrogen-bond acceptors (Lipinski definition) is 3. The zero-order valence-electron chi connectivity index (χ0n) is 14.6. The summed E-state index contributed by atoms with van der Waals surface area (Å²) in [6.45, 7) is 8.24. The molecule has 0 N–H and O–H groups in total. The molecule has 0 aliphatic heterocycles. The Morgan fingerprint density at radius 3 is 2.54 bits per heavy atom. The maximum atomic E-state index is 13.7. The molecule has 0 amide bonds. The smallest absolute Gasteiger partial charge is 0.216 e. The molecule has 0 unspecified atom stereocenters. The maximum absolute atomic E-state index is 13.7. The number of pyridine rings is 2. The van der Waals surface area contributed by atoms with E-state index in [1.54, 1.807) is 13.3 Å². The quantitative estimate of drug-likeness (QED) is 0.665. The fourth-order valence-corrected chi connectivity index (χ4v) is 3.15. The van der Waals surface area contributed by atoms with Crippen molar-refractivity contribution in [3.63, 3.8) is 0 Å². The van der Waals surface area contributed by atoms with Crippen LogP contribution in [0.1, 0.15) is 36.5 Å². The van der Waals surface area contributed by atoms with Crippen LogP contribution in [0.2, 0.25) is 0 Å². The Kier molecular flexibility index (Phi) is 4.22. The molecular formula is C20H21FN2O. The van der Waals surface area contributed by atoms with E-state index in [-0.39, 0.29) is 5.82 Å². The molecule has 4 heteroatoms. The first-order valence-electron chi connectivity index (χ1n) is 8.03. The molecule has 2 aromatic heterocycles. The topological polar surface area (TPSA) is 35.0 Å². The Labute approximate surface area is 141 Å².